The molecule has 1 aliphatic rings. The average molecular weight is 525 g/mol. The smallest absolute Gasteiger partial charge is 0.344 e. The number of alkyl halides is 3. The van der Waals surface area contributed by atoms with Crippen molar-refractivity contribution < 1.29 is 18.0 Å². The number of rotatable bonds is 7. The molecule has 0 aliphatic carbocycles. The van der Waals surface area contributed by atoms with Crippen molar-refractivity contribution in [3.63, 3.8) is 0 Å². The second kappa shape index (κ2) is 11.2. The highest BCUT2D eigenvalue weighted by atomic mass is 35.5. The van der Waals surface area contributed by atoms with E-state index in [0.717, 1.165) is 54.8 Å². The van der Waals surface area contributed by atoms with E-state index >= 15 is 0 Å². The second-order valence-corrected chi connectivity index (χ2v) is 9.25. The molecule has 1 saturated heterocycles. The number of nitrogens with one attached hydrogen (secondary N) is 2. The lowest BCUT2D eigenvalue weighted by molar-refractivity contribution is -0.137. The van der Waals surface area contributed by atoms with E-state index in [0.29, 0.717) is 24.5 Å². The number of nitrogens with zero attached hydrogens (tertiary/aromatic N) is 4. The number of amides is 2. The first-order valence-electron chi connectivity index (χ1n) is 11.0. The molecule has 3 aromatic rings. The minimum Gasteiger partial charge on any atom is -0.344 e. The van der Waals surface area contributed by atoms with E-state index in [1.165, 1.54) is 23.7 Å². The number of hydrogen-bond acceptors (Lipinski definition) is 6. The number of halogens is 4. The van der Waals surface area contributed by atoms with Crippen LogP contribution in [0, 0.1) is 0 Å². The molecule has 0 atom stereocenters. The number of aromatic nitrogens is 2. The first kappa shape index (κ1) is 25.2. The minimum atomic E-state index is -4.46. The maximum atomic E-state index is 12.8. The van der Waals surface area contributed by atoms with Gasteiger partial charge in [-0.25, -0.2) is 9.78 Å². The highest BCUT2D eigenvalue weighted by Crippen LogP contribution is 2.30. The summed E-state index contributed by atoms with van der Waals surface area (Å²) >= 11 is 7.32. The van der Waals surface area contributed by atoms with Crippen molar-refractivity contribution in [3.8, 4) is 0 Å². The first-order chi connectivity index (χ1) is 16.8. The number of urea groups is 1. The maximum absolute atomic E-state index is 12.8. The fraction of sp³-hybridized carbons (Fsp3) is 0.348. The summed E-state index contributed by atoms with van der Waals surface area (Å²) in [5, 5.41) is 6.73. The van der Waals surface area contributed by atoms with Crippen LogP contribution in [0.1, 0.15) is 17.0 Å². The summed E-state index contributed by atoms with van der Waals surface area (Å²) in [4.78, 5) is 21.1. The Bertz CT molecular complexity index is 1130. The van der Waals surface area contributed by atoms with Gasteiger partial charge in [0.05, 0.1) is 5.56 Å². The van der Waals surface area contributed by atoms with Crippen molar-refractivity contribution in [1.29, 1.82) is 0 Å². The van der Waals surface area contributed by atoms with Gasteiger partial charge in [0.25, 0.3) is 0 Å². The normalized spacial score (nSPS) is 14.7. The SMILES string of the molecule is O=C(NCCN1CCN(c2nc(Cc3ccc(Cl)cc3)ns2)CC1)Nc1cccc(C(F)(F)F)c1. The molecule has 1 fully saturated rings. The van der Waals surface area contributed by atoms with E-state index in [9.17, 15) is 18.0 Å². The van der Waals surface area contributed by atoms with Crippen molar-refractivity contribution in [2.24, 2.45) is 0 Å². The molecular formula is C23H24ClF3N6OS. The Balaban J connectivity index is 1.17. The van der Waals surface area contributed by atoms with E-state index in [1.807, 2.05) is 24.3 Å². The topological polar surface area (TPSA) is 73.4 Å². The van der Waals surface area contributed by atoms with Gasteiger partial charge < -0.3 is 15.5 Å². The van der Waals surface area contributed by atoms with Crippen LogP contribution < -0.4 is 15.5 Å². The van der Waals surface area contributed by atoms with Crippen LogP contribution in [-0.2, 0) is 12.6 Å². The number of carbonyl (C=O) groups is 1. The molecule has 186 valence electrons. The number of benzene rings is 2. The average Bonchev–Trinajstić information content (AvgIpc) is 3.29. The van der Waals surface area contributed by atoms with Crippen molar-refractivity contribution in [3.05, 3.63) is 70.5 Å². The summed E-state index contributed by atoms with van der Waals surface area (Å²) in [6.45, 7) is 4.24. The van der Waals surface area contributed by atoms with Crippen molar-refractivity contribution in [2.45, 2.75) is 12.6 Å². The zero-order valence-electron chi connectivity index (χ0n) is 18.7. The molecule has 2 aromatic carbocycles. The van der Waals surface area contributed by atoms with E-state index in [1.54, 1.807) is 0 Å². The molecule has 0 saturated carbocycles. The number of hydrogen-bond donors (Lipinski definition) is 2. The Morgan fingerprint density at radius 1 is 1.09 bits per heavy atom. The molecular weight excluding hydrogens is 501 g/mol. The van der Waals surface area contributed by atoms with E-state index in [2.05, 4.69) is 29.8 Å². The highest BCUT2D eigenvalue weighted by Gasteiger charge is 2.30. The molecule has 4 rings (SSSR count). The van der Waals surface area contributed by atoms with Crippen molar-refractivity contribution >= 4 is 40.0 Å². The summed E-state index contributed by atoms with van der Waals surface area (Å²) in [6.07, 6.45) is -3.80. The van der Waals surface area contributed by atoms with Gasteiger partial charge in [-0.15, -0.1) is 0 Å². The van der Waals surface area contributed by atoms with Gasteiger partial charge in [-0.2, -0.15) is 17.5 Å². The fourth-order valence-corrected chi connectivity index (χ4v) is 4.53. The Morgan fingerprint density at radius 2 is 1.83 bits per heavy atom. The Labute approximate surface area is 210 Å². The molecule has 0 bridgehead atoms. The summed E-state index contributed by atoms with van der Waals surface area (Å²) in [6, 6.07) is 11.7. The van der Waals surface area contributed by atoms with Gasteiger partial charge in [-0.05, 0) is 35.9 Å². The number of carbonyl (C=O) groups excluding carboxylic acids is 1. The lowest BCUT2D eigenvalue weighted by Gasteiger charge is -2.34. The Morgan fingerprint density at radius 3 is 2.54 bits per heavy atom. The Hall–Kier alpha value is -2.89. The predicted octanol–water partition coefficient (Wildman–Crippen LogP) is 4.74. The zero-order valence-corrected chi connectivity index (χ0v) is 20.3. The summed E-state index contributed by atoms with van der Waals surface area (Å²) in [5.41, 5.74) is 0.396. The lowest BCUT2D eigenvalue weighted by Crippen LogP contribution is -2.48. The second-order valence-electron chi connectivity index (χ2n) is 8.08. The molecule has 12 heteroatoms. The predicted molar refractivity (Wildman–Crippen MR) is 131 cm³/mol. The van der Waals surface area contributed by atoms with E-state index in [4.69, 9.17) is 11.6 Å². The van der Waals surface area contributed by atoms with Gasteiger partial charge in [0.2, 0.25) is 5.13 Å². The van der Waals surface area contributed by atoms with E-state index in [-0.39, 0.29) is 5.69 Å². The molecule has 35 heavy (non-hydrogen) atoms. The molecule has 1 aromatic heterocycles. The van der Waals surface area contributed by atoms with Crippen molar-refractivity contribution in [2.75, 3.05) is 49.5 Å². The first-order valence-corrected chi connectivity index (χ1v) is 12.2. The molecule has 2 amide bonds. The highest BCUT2D eigenvalue weighted by molar-refractivity contribution is 7.09. The monoisotopic (exact) mass is 524 g/mol. The van der Waals surface area contributed by atoms with Crippen LogP contribution in [0.4, 0.5) is 28.8 Å². The third-order valence-corrected chi connectivity index (χ3v) is 6.60. The fourth-order valence-electron chi connectivity index (χ4n) is 3.67. The molecule has 0 unspecified atom stereocenters. The number of anilines is 2. The van der Waals surface area contributed by atoms with Crippen LogP contribution in [0.25, 0.3) is 0 Å². The maximum Gasteiger partial charge on any atom is 0.416 e. The summed E-state index contributed by atoms with van der Waals surface area (Å²) < 4.78 is 42.9. The van der Waals surface area contributed by atoms with Crippen LogP contribution in [0.5, 0.6) is 0 Å². The third-order valence-electron chi connectivity index (χ3n) is 5.54. The quantitative estimate of drug-likeness (QED) is 0.467. The summed E-state index contributed by atoms with van der Waals surface area (Å²) in [7, 11) is 0. The molecule has 0 radical (unpaired) electrons. The van der Waals surface area contributed by atoms with Crippen LogP contribution in [0.2, 0.25) is 5.02 Å². The van der Waals surface area contributed by atoms with Crippen LogP contribution in [0.15, 0.2) is 48.5 Å². The molecule has 0 spiro atoms. The van der Waals surface area contributed by atoms with E-state index < -0.39 is 17.8 Å². The van der Waals surface area contributed by atoms with Gasteiger partial charge in [-0.3, -0.25) is 4.90 Å². The van der Waals surface area contributed by atoms with Gasteiger partial charge >= 0.3 is 12.2 Å². The van der Waals surface area contributed by atoms with Crippen molar-refractivity contribution in [1.82, 2.24) is 19.6 Å². The van der Waals surface area contributed by atoms with Gasteiger partial charge in [0.1, 0.15) is 5.82 Å². The minimum absolute atomic E-state index is 0.0958. The number of piperazine rings is 1. The lowest BCUT2D eigenvalue weighted by atomic mass is 10.1. The van der Waals surface area contributed by atoms with Crippen LogP contribution >= 0.6 is 23.1 Å². The Kier molecular flexibility index (Phi) is 8.09. The molecule has 7 nitrogen and oxygen atoms in total. The van der Waals surface area contributed by atoms with Crippen LogP contribution in [-0.4, -0.2) is 59.6 Å². The molecule has 2 N–H and O–H groups in total. The standard InChI is InChI=1S/C23H24ClF3N6OS/c24-18-6-4-16(5-7-18)14-20-30-22(35-31-20)33-12-10-32(11-13-33)9-8-28-21(34)29-19-3-1-2-17(15-19)23(25,26)27/h1-7,15H,8-14H2,(H2,28,29,34). The van der Waals surface area contributed by atoms with Gasteiger partial charge in [0, 0.05) is 67.9 Å². The summed E-state index contributed by atoms with van der Waals surface area (Å²) in [5.74, 6) is 0.783. The van der Waals surface area contributed by atoms with Crippen LogP contribution in [0.3, 0.4) is 0 Å². The largest absolute Gasteiger partial charge is 0.416 e. The third kappa shape index (κ3) is 7.30. The van der Waals surface area contributed by atoms with Gasteiger partial charge in [0.15, 0.2) is 0 Å². The zero-order chi connectivity index (χ0) is 24.8. The molecule has 2 heterocycles. The molecule has 1 aliphatic heterocycles. The van der Waals surface area contributed by atoms with Gasteiger partial charge in [-0.1, -0.05) is 29.8 Å².